The number of carbonyl (C=O) groups excluding carboxylic acids is 1. The summed E-state index contributed by atoms with van der Waals surface area (Å²) in [6, 6.07) is 13.4. The minimum absolute atomic E-state index is 0.00543. The van der Waals surface area contributed by atoms with E-state index in [4.69, 9.17) is 9.73 Å². The average Bonchev–Trinajstić information content (AvgIpc) is 3.30. The van der Waals surface area contributed by atoms with Crippen LogP contribution in [0.3, 0.4) is 0 Å². The van der Waals surface area contributed by atoms with E-state index in [0.717, 1.165) is 23.7 Å². The van der Waals surface area contributed by atoms with E-state index >= 15 is 0 Å². The van der Waals surface area contributed by atoms with Crippen molar-refractivity contribution in [1.82, 2.24) is 9.88 Å². The summed E-state index contributed by atoms with van der Waals surface area (Å²) in [4.78, 5) is 25.4. The maximum Gasteiger partial charge on any atom is 0.259 e. The van der Waals surface area contributed by atoms with Crippen LogP contribution >= 0.6 is 0 Å². The molecule has 0 unspecified atom stereocenters. The summed E-state index contributed by atoms with van der Waals surface area (Å²) in [5.41, 5.74) is 1.61. The molecular formula is C24H27N3O2. The number of hydrogen-bond donors (Lipinski definition) is 0. The Kier molecular flexibility index (Phi) is 3.89. The number of rotatable bonds is 3. The quantitative estimate of drug-likeness (QED) is 0.791. The van der Waals surface area contributed by atoms with Crippen molar-refractivity contribution in [2.75, 3.05) is 7.11 Å². The van der Waals surface area contributed by atoms with E-state index in [-0.39, 0.29) is 28.8 Å². The summed E-state index contributed by atoms with van der Waals surface area (Å²) in [6.45, 7) is 7.06. The van der Waals surface area contributed by atoms with Crippen molar-refractivity contribution < 1.29 is 9.53 Å². The van der Waals surface area contributed by atoms with Gasteiger partial charge in [0.05, 0.1) is 19.2 Å². The Bertz CT molecular complexity index is 983. The lowest BCUT2D eigenvalue weighted by molar-refractivity contribution is 0.0566. The van der Waals surface area contributed by atoms with Crippen LogP contribution in [-0.2, 0) is 0 Å². The monoisotopic (exact) mass is 389 g/mol. The molecule has 1 aliphatic heterocycles. The van der Waals surface area contributed by atoms with Gasteiger partial charge >= 0.3 is 0 Å². The van der Waals surface area contributed by atoms with Crippen molar-refractivity contribution in [2.24, 2.45) is 21.7 Å². The van der Waals surface area contributed by atoms with Gasteiger partial charge < -0.3 is 4.74 Å². The summed E-state index contributed by atoms with van der Waals surface area (Å²) in [6.07, 6.45) is 4.07. The lowest BCUT2D eigenvalue weighted by atomic mass is 9.68. The molecule has 5 rings (SSSR count). The minimum atomic E-state index is -0.00543. The van der Waals surface area contributed by atoms with Crippen molar-refractivity contribution >= 4 is 11.7 Å². The third kappa shape index (κ3) is 2.36. The van der Waals surface area contributed by atoms with Crippen LogP contribution in [0.2, 0.25) is 0 Å². The summed E-state index contributed by atoms with van der Waals surface area (Å²) < 4.78 is 5.26. The fourth-order valence-electron chi connectivity index (χ4n) is 6.00. The second-order valence-electron chi connectivity index (χ2n) is 9.29. The summed E-state index contributed by atoms with van der Waals surface area (Å²) in [7, 11) is 1.63. The number of amidine groups is 1. The van der Waals surface area contributed by atoms with Crippen molar-refractivity contribution in [3.63, 3.8) is 0 Å². The maximum absolute atomic E-state index is 13.8. The van der Waals surface area contributed by atoms with Crippen LogP contribution in [0.1, 0.15) is 49.7 Å². The third-order valence-electron chi connectivity index (χ3n) is 7.99. The maximum atomic E-state index is 13.8. The molecule has 1 aromatic heterocycles. The molecule has 3 aliphatic rings. The van der Waals surface area contributed by atoms with E-state index in [1.807, 2.05) is 47.4 Å². The molecule has 1 aromatic carbocycles. The zero-order chi connectivity index (χ0) is 20.4. The van der Waals surface area contributed by atoms with Gasteiger partial charge in [-0.1, -0.05) is 26.8 Å². The third-order valence-corrected chi connectivity index (χ3v) is 7.99. The topological polar surface area (TPSA) is 54.8 Å². The molecule has 2 saturated carbocycles. The Morgan fingerprint density at radius 1 is 1.14 bits per heavy atom. The van der Waals surface area contributed by atoms with Crippen molar-refractivity contribution in [2.45, 2.75) is 45.7 Å². The predicted molar refractivity (Wildman–Crippen MR) is 112 cm³/mol. The van der Waals surface area contributed by atoms with Crippen LogP contribution in [0, 0.1) is 16.7 Å². The number of fused-ring (bicyclic) bond motifs is 5. The molecule has 5 nitrogen and oxygen atoms in total. The van der Waals surface area contributed by atoms with Gasteiger partial charge in [-0.25, -0.2) is 0 Å². The number of hydrogen-bond acceptors (Lipinski definition) is 4. The fraction of sp³-hybridized carbons (Fsp3) is 0.458. The summed E-state index contributed by atoms with van der Waals surface area (Å²) >= 11 is 0. The smallest absolute Gasteiger partial charge is 0.259 e. The number of amides is 1. The van der Waals surface area contributed by atoms with Gasteiger partial charge in [-0.05, 0) is 66.0 Å². The largest absolute Gasteiger partial charge is 0.497 e. The molecule has 0 N–H and O–H groups in total. The van der Waals surface area contributed by atoms with Gasteiger partial charge in [-0.3, -0.25) is 19.7 Å². The Morgan fingerprint density at radius 2 is 1.90 bits per heavy atom. The van der Waals surface area contributed by atoms with Crippen LogP contribution in [0.25, 0.3) is 0 Å². The van der Waals surface area contributed by atoms with Gasteiger partial charge in [0.25, 0.3) is 5.91 Å². The molecule has 2 bridgehead atoms. The fourth-order valence-corrected chi connectivity index (χ4v) is 6.00. The van der Waals surface area contributed by atoms with Crippen LogP contribution in [-0.4, -0.2) is 40.8 Å². The average molecular weight is 389 g/mol. The first kappa shape index (κ1) is 18.3. The molecule has 2 aromatic rings. The zero-order valence-electron chi connectivity index (χ0n) is 17.4. The molecule has 2 fully saturated rings. The summed E-state index contributed by atoms with van der Waals surface area (Å²) in [5, 5.41) is 0. The number of ether oxygens (including phenoxy) is 1. The van der Waals surface area contributed by atoms with Crippen molar-refractivity contribution in [3.05, 3.63) is 59.9 Å². The van der Waals surface area contributed by atoms with E-state index in [1.54, 1.807) is 13.3 Å². The van der Waals surface area contributed by atoms with Crippen LogP contribution in [0.15, 0.2) is 53.7 Å². The number of nitrogens with zero attached hydrogens (tertiary/aromatic N) is 3. The van der Waals surface area contributed by atoms with Crippen LogP contribution in [0.5, 0.6) is 5.75 Å². The standard InChI is InChI=1S/C24H27N3O2/c1-23(2)17-12-13-24(23,3)20-19(17)26-21(18-7-5-6-14-25-18)27(20)22(28)15-8-10-16(29-4)11-9-15/h5-11,14,17,19-20H,12-13H2,1-4H3/t17-,19-,20-,24+/m1/s1. The Labute approximate surface area is 171 Å². The van der Waals surface area contributed by atoms with E-state index in [9.17, 15) is 4.79 Å². The number of carbonyl (C=O) groups is 1. The van der Waals surface area contributed by atoms with Crippen LogP contribution < -0.4 is 4.74 Å². The molecular weight excluding hydrogens is 362 g/mol. The Balaban J connectivity index is 1.62. The van der Waals surface area contributed by atoms with Crippen molar-refractivity contribution in [3.8, 4) is 5.75 Å². The molecule has 5 heteroatoms. The lowest BCUT2D eigenvalue weighted by Gasteiger charge is -2.42. The molecule has 2 aliphatic carbocycles. The first-order valence-corrected chi connectivity index (χ1v) is 10.4. The highest BCUT2D eigenvalue weighted by Gasteiger charge is 2.70. The van der Waals surface area contributed by atoms with Gasteiger partial charge in [0.15, 0.2) is 5.84 Å². The number of aliphatic imine (C=N–C) groups is 1. The normalized spacial score (nSPS) is 31.5. The highest BCUT2D eigenvalue weighted by molar-refractivity contribution is 6.13. The number of methoxy groups -OCH3 is 1. The molecule has 29 heavy (non-hydrogen) atoms. The second kappa shape index (κ2) is 6.15. The van der Waals surface area contributed by atoms with Gasteiger partial charge in [0.1, 0.15) is 11.4 Å². The molecule has 1 amide bonds. The molecule has 0 radical (unpaired) electrons. The van der Waals surface area contributed by atoms with E-state index in [0.29, 0.717) is 11.5 Å². The molecule has 150 valence electrons. The first-order valence-electron chi connectivity index (χ1n) is 10.4. The Morgan fingerprint density at radius 3 is 2.55 bits per heavy atom. The predicted octanol–water partition coefficient (Wildman–Crippen LogP) is 4.19. The molecule has 0 saturated heterocycles. The van der Waals surface area contributed by atoms with E-state index in [2.05, 4.69) is 25.8 Å². The first-order chi connectivity index (χ1) is 13.9. The van der Waals surface area contributed by atoms with Crippen LogP contribution in [0.4, 0.5) is 0 Å². The zero-order valence-corrected chi connectivity index (χ0v) is 17.4. The Hall–Kier alpha value is -2.69. The van der Waals surface area contributed by atoms with E-state index in [1.165, 1.54) is 6.42 Å². The van der Waals surface area contributed by atoms with Gasteiger partial charge in [0, 0.05) is 11.8 Å². The molecule has 4 atom stereocenters. The highest BCUT2D eigenvalue weighted by Crippen LogP contribution is 2.68. The van der Waals surface area contributed by atoms with Gasteiger partial charge in [0.2, 0.25) is 0 Å². The van der Waals surface area contributed by atoms with Crippen molar-refractivity contribution in [1.29, 1.82) is 0 Å². The molecule has 0 spiro atoms. The number of aromatic nitrogens is 1. The lowest BCUT2D eigenvalue weighted by Crippen LogP contribution is -2.52. The molecule has 2 heterocycles. The van der Waals surface area contributed by atoms with E-state index < -0.39 is 0 Å². The number of benzene rings is 1. The van der Waals surface area contributed by atoms with Gasteiger partial charge in [-0.15, -0.1) is 0 Å². The van der Waals surface area contributed by atoms with Gasteiger partial charge in [-0.2, -0.15) is 0 Å². The minimum Gasteiger partial charge on any atom is -0.497 e. The number of pyridine rings is 1. The SMILES string of the molecule is COc1ccc(C(=O)N2C(c3ccccn3)=N[C@@H]3[C@H]4CC[C@@](C)([C@@H]32)C4(C)C)cc1. The highest BCUT2D eigenvalue weighted by atomic mass is 16.5. The second-order valence-corrected chi connectivity index (χ2v) is 9.29. The summed E-state index contributed by atoms with van der Waals surface area (Å²) in [5.74, 6) is 1.95.